The third-order valence-electron chi connectivity index (χ3n) is 1.83. The molecule has 0 spiro atoms. The second-order valence-electron chi connectivity index (χ2n) is 2.93. The van der Waals surface area contributed by atoms with Crippen LogP contribution >= 0.6 is 0 Å². The van der Waals surface area contributed by atoms with Gasteiger partial charge in [-0.15, -0.1) is 0 Å². The van der Waals surface area contributed by atoms with Crippen LogP contribution in [-0.2, 0) is 0 Å². The minimum Gasteiger partial charge on any atom is -0.0988 e. The van der Waals surface area contributed by atoms with Crippen LogP contribution in [0.4, 0.5) is 0 Å². The van der Waals surface area contributed by atoms with Gasteiger partial charge in [0.25, 0.3) is 0 Å². The average Bonchev–Trinajstić information content (AvgIpc) is 2.51. The molecular formula is C19H38. The summed E-state index contributed by atoms with van der Waals surface area (Å²) in [6.07, 6.45) is 12.6. The molecule has 0 aromatic rings. The summed E-state index contributed by atoms with van der Waals surface area (Å²) in [5.41, 5.74) is 2.61. The van der Waals surface area contributed by atoms with Gasteiger partial charge in [-0.1, -0.05) is 91.8 Å². The van der Waals surface area contributed by atoms with E-state index in [1.165, 1.54) is 17.6 Å². The van der Waals surface area contributed by atoms with E-state index in [0.717, 1.165) is 6.42 Å². The molecule has 0 heteroatoms. The zero-order valence-corrected chi connectivity index (χ0v) is 15.0. The summed E-state index contributed by atoms with van der Waals surface area (Å²) in [6, 6.07) is 0. The van der Waals surface area contributed by atoms with Gasteiger partial charge >= 0.3 is 0 Å². The molecule has 0 saturated heterocycles. The molecule has 0 aromatic carbocycles. The Bertz CT molecular complexity index is 212. The van der Waals surface area contributed by atoms with E-state index < -0.39 is 0 Å². The maximum absolute atomic E-state index is 3.84. The highest BCUT2D eigenvalue weighted by molar-refractivity contribution is 5.39. The number of rotatable bonds is 5. The first-order valence-electron chi connectivity index (χ1n) is 7.91. The van der Waals surface area contributed by atoms with Crippen LogP contribution in [0.5, 0.6) is 0 Å². The summed E-state index contributed by atoms with van der Waals surface area (Å²) >= 11 is 0. The standard InChI is InChI=1S/C13H20.3C2H6/c1-5-9-12(8-4)13(10-6-2)11-7-3;3*1-2/h6-8,10-11H,4-5,9H2,1-3H3;3*1-2H3/b10-6-,11-7-;;;. The molecule has 19 heavy (non-hydrogen) atoms. The van der Waals surface area contributed by atoms with E-state index in [2.05, 4.69) is 37.8 Å². The predicted octanol–water partition coefficient (Wildman–Crippen LogP) is 7.50. The van der Waals surface area contributed by atoms with Crippen LogP contribution in [0.1, 0.15) is 75.2 Å². The van der Waals surface area contributed by atoms with Crippen LogP contribution in [0.25, 0.3) is 0 Å². The van der Waals surface area contributed by atoms with Crippen LogP contribution < -0.4 is 0 Å². The van der Waals surface area contributed by atoms with Crippen molar-refractivity contribution in [3.05, 3.63) is 48.1 Å². The Morgan fingerprint density at radius 1 is 0.842 bits per heavy atom. The van der Waals surface area contributed by atoms with E-state index in [0.29, 0.717) is 0 Å². The monoisotopic (exact) mass is 266 g/mol. The quantitative estimate of drug-likeness (QED) is 0.452. The summed E-state index contributed by atoms with van der Waals surface area (Å²) in [6.45, 7) is 22.1. The lowest BCUT2D eigenvalue weighted by molar-refractivity contribution is 0.922. The van der Waals surface area contributed by atoms with Gasteiger partial charge in [-0.25, -0.2) is 0 Å². The van der Waals surface area contributed by atoms with Crippen molar-refractivity contribution in [3.8, 4) is 0 Å². The molecule has 114 valence electrons. The number of hydrogen-bond acceptors (Lipinski definition) is 0. The van der Waals surface area contributed by atoms with Crippen molar-refractivity contribution >= 4 is 0 Å². The highest BCUT2D eigenvalue weighted by Crippen LogP contribution is 2.14. The van der Waals surface area contributed by atoms with Crippen molar-refractivity contribution in [3.63, 3.8) is 0 Å². The van der Waals surface area contributed by atoms with E-state index in [9.17, 15) is 0 Å². The van der Waals surface area contributed by atoms with Gasteiger partial charge in [-0.3, -0.25) is 0 Å². The second-order valence-corrected chi connectivity index (χ2v) is 2.93. The molecule has 0 nitrogen and oxygen atoms in total. The molecular weight excluding hydrogens is 228 g/mol. The van der Waals surface area contributed by atoms with E-state index in [4.69, 9.17) is 0 Å². The molecule has 0 aliphatic rings. The van der Waals surface area contributed by atoms with Gasteiger partial charge in [0, 0.05) is 0 Å². The smallest absolute Gasteiger partial charge is 0.0231 e. The largest absolute Gasteiger partial charge is 0.0988 e. The molecule has 0 aromatic heterocycles. The second kappa shape index (κ2) is 30.2. The van der Waals surface area contributed by atoms with Crippen molar-refractivity contribution in [2.24, 2.45) is 0 Å². The summed E-state index contributed by atoms with van der Waals surface area (Å²) in [5, 5.41) is 0. The van der Waals surface area contributed by atoms with Gasteiger partial charge < -0.3 is 0 Å². The van der Waals surface area contributed by atoms with Crippen LogP contribution in [0.3, 0.4) is 0 Å². The minimum atomic E-state index is 1.10. The van der Waals surface area contributed by atoms with Crippen molar-refractivity contribution in [2.45, 2.75) is 75.2 Å². The predicted molar refractivity (Wildman–Crippen MR) is 95.8 cm³/mol. The lowest BCUT2D eigenvalue weighted by Gasteiger charge is -2.03. The van der Waals surface area contributed by atoms with Crippen molar-refractivity contribution in [1.29, 1.82) is 0 Å². The topological polar surface area (TPSA) is 0 Å². The van der Waals surface area contributed by atoms with E-state index in [1.807, 2.05) is 61.5 Å². The summed E-state index contributed by atoms with van der Waals surface area (Å²) in [7, 11) is 0. The SMILES string of the molecule is C=CC(CCC)=C(/C=C\C)/C=C\C.CC.CC.CC. The Morgan fingerprint density at radius 2 is 1.21 bits per heavy atom. The average molecular weight is 267 g/mol. The molecule has 0 amide bonds. The molecule has 0 fully saturated rings. The van der Waals surface area contributed by atoms with Crippen molar-refractivity contribution < 1.29 is 0 Å². The minimum absolute atomic E-state index is 1.10. The maximum Gasteiger partial charge on any atom is -0.0231 e. The molecule has 0 atom stereocenters. The van der Waals surface area contributed by atoms with Crippen LogP contribution in [-0.4, -0.2) is 0 Å². The molecule has 0 N–H and O–H groups in total. The van der Waals surface area contributed by atoms with E-state index in [1.54, 1.807) is 0 Å². The molecule has 0 saturated carbocycles. The third-order valence-corrected chi connectivity index (χ3v) is 1.83. The van der Waals surface area contributed by atoms with E-state index >= 15 is 0 Å². The zero-order chi connectivity index (χ0) is 16.1. The molecule has 0 heterocycles. The van der Waals surface area contributed by atoms with Crippen LogP contribution in [0.2, 0.25) is 0 Å². The first kappa shape index (κ1) is 26.5. The summed E-state index contributed by atoms with van der Waals surface area (Å²) < 4.78 is 0. The fraction of sp³-hybridized carbons (Fsp3) is 0.579. The zero-order valence-electron chi connectivity index (χ0n) is 15.0. The van der Waals surface area contributed by atoms with Crippen molar-refractivity contribution in [2.75, 3.05) is 0 Å². The first-order chi connectivity index (χ1) is 9.29. The van der Waals surface area contributed by atoms with Gasteiger partial charge in [0.05, 0.1) is 0 Å². The fourth-order valence-corrected chi connectivity index (χ4v) is 1.26. The first-order valence-corrected chi connectivity index (χ1v) is 7.91. The van der Waals surface area contributed by atoms with Gasteiger partial charge in [-0.2, -0.15) is 0 Å². The normalized spacial score (nSPS) is 8.47. The Labute approximate surface area is 124 Å². The lowest BCUT2D eigenvalue weighted by Crippen LogP contribution is -1.83. The molecule has 0 aliphatic heterocycles. The van der Waals surface area contributed by atoms with Crippen molar-refractivity contribution in [1.82, 2.24) is 0 Å². The highest BCUT2D eigenvalue weighted by Gasteiger charge is 1.95. The summed E-state index contributed by atoms with van der Waals surface area (Å²) in [4.78, 5) is 0. The van der Waals surface area contributed by atoms with Gasteiger partial charge in [0.2, 0.25) is 0 Å². The van der Waals surface area contributed by atoms with E-state index in [-0.39, 0.29) is 0 Å². The highest BCUT2D eigenvalue weighted by atomic mass is 14.0. The Morgan fingerprint density at radius 3 is 1.42 bits per heavy atom. The van der Waals surface area contributed by atoms with Crippen LogP contribution in [0.15, 0.2) is 48.1 Å². The van der Waals surface area contributed by atoms with Gasteiger partial charge in [-0.05, 0) is 31.4 Å². The Balaban J connectivity index is -0.000000163. The molecule has 0 rings (SSSR count). The van der Waals surface area contributed by atoms with Gasteiger partial charge in [0.1, 0.15) is 0 Å². The maximum atomic E-state index is 3.84. The Hall–Kier alpha value is -1.04. The number of hydrogen-bond donors (Lipinski definition) is 0. The fourth-order valence-electron chi connectivity index (χ4n) is 1.26. The number of allylic oxidation sites excluding steroid dienone is 7. The third kappa shape index (κ3) is 19.5. The summed E-state index contributed by atoms with van der Waals surface area (Å²) in [5.74, 6) is 0. The molecule has 0 aliphatic carbocycles. The van der Waals surface area contributed by atoms with Gasteiger partial charge in [0.15, 0.2) is 0 Å². The Kier molecular flexibility index (Phi) is 42.1. The molecule has 0 radical (unpaired) electrons. The molecule has 0 unspecified atom stereocenters. The molecule has 0 bridgehead atoms. The lowest BCUT2D eigenvalue weighted by atomic mass is 10.0. The van der Waals surface area contributed by atoms with Crippen LogP contribution in [0, 0.1) is 0 Å².